The Morgan fingerprint density at radius 3 is 2.20 bits per heavy atom. The zero-order valence-corrected chi connectivity index (χ0v) is 16.6. The maximum Gasteiger partial charge on any atom is 0.240 e. The van der Waals surface area contributed by atoms with Gasteiger partial charge in [0.15, 0.2) is 11.6 Å². The number of carbonyl (C=O) groups is 4. The summed E-state index contributed by atoms with van der Waals surface area (Å²) < 4.78 is 0. The normalized spacial score (nSPS) is 26.5. The van der Waals surface area contributed by atoms with E-state index in [1.54, 1.807) is 24.3 Å². The third-order valence-electron chi connectivity index (χ3n) is 6.36. The van der Waals surface area contributed by atoms with Crippen LogP contribution in [0.4, 0.5) is 11.4 Å². The van der Waals surface area contributed by atoms with Crippen LogP contribution in [0.15, 0.2) is 54.6 Å². The van der Waals surface area contributed by atoms with E-state index in [-0.39, 0.29) is 29.4 Å². The number of hydrogen-bond donors (Lipinski definition) is 0. The smallest absolute Gasteiger partial charge is 0.240 e. The Balaban J connectivity index is 1.58. The number of benzene rings is 2. The van der Waals surface area contributed by atoms with Crippen molar-refractivity contribution in [3.05, 3.63) is 65.7 Å². The molecule has 6 nitrogen and oxygen atoms in total. The van der Waals surface area contributed by atoms with E-state index in [2.05, 4.69) is 0 Å². The minimum Gasteiger partial charge on any atom is -0.353 e. The number of amides is 2. The molecule has 6 heteroatoms. The molecule has 2 fully saturated rings. The fourth-order valence-electron chi connectivity index (χ4n) is 5.07. The highest BCUT2D eigenvalue weighted by Crippen LogP contribution is 2.49. The van der Waals surface area contributed by atoms with E-state index in [0.717, 1.165) is 11.3 Å². The van der Waals surface area contributed by atoms with Crippen LogP contribution < -0.4 is 9.80 Å². The van der Waals surface area contributed by atoms with Crippen molar-refractivity contribution in [1.82, 2.24) is 0 Å². The van der Waals surface area contributed by atoms with Gasteiger partial charge in [0.05, 0.1) is 23.6 Å². The highest BCUT2D eigenvalue weighted by molar-refractivity contribution is 6.24. The van der Waals surface area contributed by atoms with E-state index in [9.17, 15) is 19.2 Å². The Labute approximate surface area is 173 Å². The number of hydrogen-bond acceptors (Lipinski definition) is 5. The highest BCUT2D eigenvalue weighted by atomic mass is 16.2. The van der Waals surface area contributed by atoms with Gasteiger partial charge in [-0.2, -0.15) is 0 Å². The molecule has 30 heavy (non-hydrogen) atoms. The minimum atomic E-state index is -0.733. The molecule has 5 rings (SSSR count). The van der Waals surface area contributed by atoms with Gasteiger partial charge in [0, 0.05) is 11.3 Å². The lowest BCUT2D eigenvalue weighted by atomic mass is 9.88. The average molecular weight is 400 g/mol. The average Bonchev–Trinajstić information content (AvgIpc) is 3.21. The van der Waals surface area contributed by atoms with Crippen LogP contribution in [0.5, 0.6) is 0 Å². The van der Waals surface area contributed by atoms with Crippen molar-refractivity contribution in [1.29, 1.82) is 0 Å². The summed E-state index contributed by atoms with van der Waals surface area (Å²) in [4.78, 5) is 54.2. The number of ketones is 2. The van der Waals surface area contributed by atoms with Crippen LogP contribution in [0.1, 0.15) is 29.8 Å². The van der Waals surface area contributed by atoms with Gasteiger partial charge in [0.25, 0.3) is 0 Å². The second kappa shape index (κ2) is 6.49. The number of nitrogens with zero attached hydrogens (tertiary/aromatic N) is 2. The van der Waals surface area contributed by atoms with Crippen molar-refractivity contribution in [3.8, 4) is 0 Å². The number of para-hydroxylation sites is 1. The van der Waals surface area contributed by atoms with Crippen molar-refractivity contribution in [2.75, 3.05) is 9.80 Å². The minimum absolute atomic E-state index is 0.0872. The van der Waals surface area contributed by atoms with Crippen LogP contribution in [0.2, 0.25) is 0 Å². The Hall–Kier alpha value is -3.54. The summed E-state index contributed by atoms with van der Waals surface area (Å²) in [6, 6.07) is 13.1. The number of anilines is 2. The van der Waals surface area contributed by atoms with Gasteiger partial charge < -0.3 is 4.90 Å². The summed E-state index contributed by atoms with van der Waals surface area (Å²) in [5.41, 5.74) is 2.78. The molecule has 0 aliphatic carbocycles. The number of fused-ring (bicyclic) bond motifs is 5. The molecular formula is C24H20N2O4. The summed E-state index contributed by atoms with van der Waals surface area (Å²) >= 11 is 0. The highest BCUT2D eigenvalue weighted by Gasteiger charge is 2.63. The molecule has 0 unspecified atom stereocenters. The van der Waals surface area contributed by atoms with Crippen molar-refractivity contribution >= 4 is 40.8 Å². The molecule has 2 amide bonds. The Kier molecular flexibility index (Phi) is 4.00. The van der Waals surface area contributed by atoms with Crippen LogP contribution in [0.3, 0.4) is 0 Å². The van der Waals surface area contributed by atoms with Gasteiger partial charge in [-0.1, -0.05) is 30.4 Å². The van der Waals surface area contributed by atoms with Crippen molar-refractivity contribution < 1.29 is 19.2 Å². The Morgan fingerprint density at radius 1 is 0.867 bits per heavy atom. The molecule has 0 aromatic heterocycles. The summed E-state index contributed by atoms with van der Waals surface area (Å²) in [6.07, 6.45) is 3.88. The van der Waals surface area contributed by atoms with Crippen molar-refractivity contribution in [2.45, 2.75) is 25.9 Å². The SMILES string of the molecule is CC(=O)c1ccc(N2C(=O)[C@@H]3[C@@H](C2=O)[C@@H]2C=Cc4ccccc4N2[C@@H]3C(C)=O)cc1. The summed E-state index contributed by atoms with van der Waals surface area (Å²) in [5, 5.41) is 0. The summed E-state index contributed by atoms with van der Waals surface area (Å²) in [5.74, 6) is -2.24. The number of Topliss-reactive ketones (excluding diaryl/α,β-unsaturated/α-hetero) is 2. The van der Waals surface area contributed by atoms with Crippen LogP contribution in [-0.2, 0) is 14.4 Å². The molecule has 3 heterocycles. The van der Waals surface area contributed by atoms with Crippen LogP contribution in [-0.4, -0.2) is 35.5 Å². The molecule has 0 saturated carbocycles. The van der Waals surface area contributed by atoms with Gasteiger partial charge >= 0.3 is 0 Å². The number of carbonyl (C=O) groups excluding carboxylic acids is 4. The Morgan fingerprint density at radius 2 is 1.53 bits per heavy atom. The van der Waals surface area contributed by atoms with E-state index in [1.807, 2.05) is 41.3 Å². The summed E-state index contributed by atoms with van der Waals surface area (Å²) in [7, 11) is 0. The molecule has 2 aromatic rings. The third-order valence-corrected chi connectivity index (χ3v) is 6.36. The first-order valence-corrected chi connectivity index (χ1v) is 9.95. The lowest BCUT2D eigenvalue weighted by molar-refractivity contribution is -0.126. The first-order valence-electron chi connectivity index (χ1n) is 9.95. The molecule has 0 N–H and O–H groups in total. The topological polar surface area (TPSA) is 74.8 Å². The second-order valence-corrected chi connectivity index (χ2v) is 8.04. The first kappa shape index (κ1) is 18.5. The molecule has 0 bridgehead atoms. The maximum absolute atomic E-state index is 13.4. The molecule has 3 aliphatic heterocycles. The maximum atomic E-state index is 13.4. The zero-order valence-electron chi connectivity index (χ0n) is 16.6. The van der Waals surface area contributed by atoms with E-state index in [1.165, 1.54) is 18.7 Å². The fourth-order valence-corrected chi connectivity index (χ4v) is 5.07. The standard InChI is InChI=1S/C24H20N2O4/c1-13(27)15-7-10-17(11-8-15)25-23(29)20-19-12-9-16-5-3-4-6-18(16)26(19)22(14(2)28)21(20)24(25)30/h3-12,19-22H,1-2H3/t19-,20-,21+,22+/m0/s1. The quantitative estimate of drug-likeness (QED) is 0.585. The van der Waals surface area contributed by atoms with Gasteiger partial charge in [0.1, 0.15) is 6.04 Å². The summed E-state index contributed by atoms with van der Waals surface area (Å²) in [6.45, 7) is 2.94. The molecule has 150 valence electrons. The Bertz CT molecular complexity index is 1130. The third kappa shape index (κ3) is 2.43. The van der Waals surface area contributed by atoms with Crippen molar-refractivity contribution in [2.24, 2.45) is 11.8 Å². The van der Waals surface area contributed by atoms with Crippen molar-refractivity contribution in [3.63, 3.8) is 0 Å². The molecule has 0 spiro atoms. The largest absolute Gasteiger partial charge is 0.353 e. The predicted octanol–water partition coefficient (Wildman–Crippen LogP) is 2.87. The van der Waals surface area contributed by atoms with E-state index >= 15 is 0 Å². The van der Waals surface area contributed by atoms with E-state index in [0.29, 0.717) is 11.3 Å². The molecule has 3 aliphatic rings. The molecule has 0 radical (unpaired) electrons. The first-order chi connectivity index (χ1) is 14.4. The van der Waals surface area contributed by atoms with E-state index < -0.39 is 17.9 Å². The van der Waals surface area contributed by atoms with Gasteiger partial charge in [-0.3, -0.25) is 19.2 Å². The molecule has 4 atom stereocenters. The zero-order chi connectivity index (χ0) is 21.2. The van der Waals surface area contributed by atoms with Gasteiger partial charge in [-0.25, -0.2) is 4.90 Å². The van der Waals surface area contributed by atoms with Gasteiger partial charge in [-0.05, 0) is 49.7 Å². The lowest BCUT2D eigenvalue weighted by Crippen LogP contribution is -2.48. The van der Waals surface area contributed by atoms with Gasteiger partial charge in [0.2, 0.25) is 11.8 Å². The fraction of sp³-hybridized carbons (Fsp3) is 0.250. The van der Waals surface area contributed by atoms with Crippen LogP contribution >= 0.6 is 0 Å². The van der Waals surface area contributed by atoms with Gasteiger partial charge in [-0.15, -0.1) is 0 Å². The number of imide groups is 1. The predicted molar refractivity (Wildman–Crippen MR) is 112 cm³/mol. The van der Waals surface area contributed by atoms with Crippen LogP contribution in [0, 0.1) is 11.8 Å². The second-order valence-electron chi connectivity index (χ2n) is 8.04. The molecule has 2 aromatic carbocycles. The number of rotatable bonds is 3. The van der Waals surface area contributed by atoms with E-state index in [4.69, 9.17) is 0 Å². The molecular weight excluding hydrogens is 380 g/mol. The molecule has 2 saturated heterocycles. The lowest BCUT2D eigenvalue weighted by Gasteiger charge is -2.36. The monoisotopic (exact) mass is 400 g/mol. The van der Waals surface area contributed by atoms with Crippen LogP contribution in [0.25, 0.3) is 6.08 Å².